The van der Waals surface area contributed by atoms with Crippen LogP contribution in [-0.4, -0.2) is 0 Å². The fourth-order valence-corrected chi connectivity index (χ4v) is 1.64. The van der Waals surface area contributed by atoms with Crippen molar-refractivity contribution in [3.63, 3.8) is 0 Å². The second kappa shape index (κ2) is 26.2. The average molecular weight is 306 g/mol. The second-order valence-corrected chi connectivity index (χ2v) is 4.84. The Hall–Kier alpha value is 0.623. The molecule has 106 valence electrons. The third-order valence-electron chi connectivity index (χ3n) is 2.88. The van der Waals surface area contributed by atoms with Crippen LogP contribution < -0.4 is 0 Å². The molecule has 0 unspecified atom stereocenters. The van der Waals surface area contributed by atoms with Gasteiger partial charge in [-0.15, -0.1) is 0 Å². The van der Waals surface area contributed by atoms with Crippen molar-refractivity contribution in [1.82, 2.24) is 0 Å². The van der Waals surface area contributed by atoms with Crippen LogP contribution in [0.5, 0.6) is 0 Å². The van der Waals surface area contributed by atoms with E-state index in [2.05, 4.69) is 34.1 Å². The molecule has 0 aromatic rings. The number of hydrogen-bond acceptors (Lipinski definition) is 0. The van der Waals surface area contributed by atoms with Gasteiger partial charge in [-0.25, -0.2) is 0 Å². The first-order valence-electron chi connectivity index (χ1n) is 7.94. The zero-order valence-corrected chi connectivity index (χ0v) is 16.4. The SMILES string of the molecule is CCCC[CH-]CCCCCC.[CH2-]CCCCC.[Zn+2]. The second-order valence-electron chi connectivity index (χ2n) is 4.84. The molecule has 0 nitrogen and oxygen atoms in total. The van der Waals surface area contributed by atoms with Crippen LogP contribution in [0, 0.1) is 13.3 Å². The van der Waals surface area contributed by atoms with Crippen LogP contribution in [0.4, 0.5) is 0 Å². The number of rotatable bonds is 11. The van der Waals surface area contributed by atoms with Gasteiger partial charge in [0.1, 0.15) is 0 Å². The van der Waals surface area contributed by atoms with Gasteiger partial charge in [0.05, 0.1) is 0 Å². The zero-order chi connectivity index (χ0) is 13.2. The molecule has 0 fully saturated rings. The van der Waals surface area contributed by atoms with Gasteiger partial charge in [-0.2, -0.15) is 19.3 Å². The quantitative estimate of drug-likeness (QED) is 0.225. The molecule has 0 aliphatic heterocycles. The van der Waals surface area contributed by atoms with Gasteiger partial charge in [0.2, 0.25) is 0 Å². The van der Waals surface area contributed by atoms with E-state index in [1.165, 1.54) is 70.6 Å². The number of unbranched alkanes of at least 4 members (excludes halogenated alkanes) is 11. The van der Waals surface area contributed by atoms with E-state index in [1.807, 2.05) is 0 Å². The third-order valence-corrected chi connectivity index (χ3v) is 2.88. The maximum absolute atomic E-state index is 3.72. The van der Waals surface area contributed by atoms with Crippen LogP contribution in [0.3, 0.4) is 0 Å². The summed E-state index contributed by atoms with van der Waals surface area (Å²) in [7, 11) is 0. The predicted molar refractivity (Wildman–Crippen MR) is 82.1 cm³/mol. The van der Waals surface area contributed by atoms with Gasteiger partial charge < -0.3 is 13.3 Å². The van der Waals surface area contributed by atoms with E-state index in [0.717, 1.165) is 6.42 Å². The monoisotopic (exact) mass is 304 g/mol. The van der Waals surface area contributed by atoms with E-state index in [-0.39, 0.29) is 19.5 Å². The third kappa shape index (κ3) is 30.0. The first-order valence-corrected chi connectivity index (χ1v) is 7.94. The Balaban J connectivity index is -0.000000277. The summed E-state index contributed by atoms with van der Waals surface area (Å²) in [5.74, 6) is 0. The molecule has 0 saturated carbocycles. The molecule has 0 amide bonds. The molecule has 0 aliphatic carbocycles. The van der Waals surface area contributed by atoms with E-state index in [0.29, 0.717) is 0 Å². The molecule has 0 bridgehead atoms. The first kappa shape index (κ1) is 23.7. The zero-order valence-electron chi connectivity index (χ0n) is 13.5. The Morgan fingerprint density at radius 3 is 1.61 bits per heavy atom. The van der Waals surface area contributed by atoms with Crippen molar-refractivity contribution in [3.05, 3.63) is 13.3 Å². The molecule has 1 heteroatoms. The predicted octanol–water partition coefficient (Wildman–Crippen LogP) is 6.75. The molecule has 18 heavy (non-hydrogen) atoms. The Morgan fingerprint density at radius 1 is 0.667 bits per heavy atom. The Labute approximate surface area is 130 Å². The minimum absolute atomic E-state index is 0. The van der Waals surface area contributed by atoms with Crippen molar-refractivity contribution in [2.75, 3.05) is 0 Å². The van der Waals surface area contributed by atoms with Crippen LogP contribution >= 0.6 is 0 Å². The average Bonchev–Trinajstić information content (AvgIpc) is 2.36. The summed E-state index contributed by atoms with van der Waals surface area (Å²) in [5, 5.41) is 0. The first-order chi connectivity index (χ1) is 8.33. The van der Waals surface area contributed by atoms with Gasteiger partial charge in [0, 0.05) is 0 Å². The molecule has 0 rings (SSSR count). The van der Waals surface area contributed by atoms with E-state index in [9.17, 15) is 0 Å². The van der Waals surface area contributed by atoms with E-state index in [1.54, 1.807) is 0 Å². The van der Waals surface area contributed by atoms with Crippen molar-refractivity contribution in [1.29, 1.82) is 0 Å². The fraction of sp³-hybridized carbons (Fsp3) is 0.882. The van der Waals surface area contributed by atoms with E-state index in [4.69, 9.17) is 0 Å². The molecule has 0 atom stereocenters. The van der Waals surface area contributed by atoms with Crippen molar-refractivity contribution in [2.45, 2.75) is 97.8 Å². The minimum Gasteiger partial charge on any atom is -0.343 e. The van der Waals surface area contributed by atoms with Crippen LogP contribution in [-0.2, 0) is 19.5 Å². The summed E-state index contributed by atoms with van der Waals surface area (Å²) in [6.45, 7) is 10.4. The molecular formula is C17H36Zn. The van der Waals surface area contributed by atoms with Gasteiger partial charge >= 0.3 is 19.5 Å². The van der Waals surface area contributed by atoms with E-state index >= 15 is 0 Å². The molecule has 0 aromatic heterocycles. The summed E-state index contributed by atoms with van der Waals surface area (Å²) in [6.07, 6.45) is 18.6. The molecule has 0 aliphatic rings. The largest absolute Gasteiger partial charge is 2.00 e. The standard InChI is InChI=1S/C11H23.C6H13.Zn/c1-3-5-7-9-11-10-8-6-4-2;1-3-5-6-4-2;/h9H,3-8,10-11H2,1-2H3;1,3-6H2,2H3;/q2*-1;+2. The van der Waals surface area contributed by atoms with Gasteiger partial charge in [-0.1, -0.05) is 78.6 Å². The van der Waals surface area contributed by atoms with Crippen LogP contribution in [0.25, 0.3) is 0 Å². The van der Waals surface area contributed by atoms with Crippen LogP contribution in [0.15, 0.2) is 0 Å². The van der Waals surface area contributed by atoms with Crippen LogP contribution in [0.2, 0.25) is 0 Å². The maximum atomic E-state index is 3.72. The molecule has 0 heterocycles. The van der Waals surface area contributed by atoms with Crippen molar-refractivity contribution in [2.24, 2.45) is 0 Å². The Bertz CT molecular complexity index is 89.8. The maximum Gasteiger partial charge on any atom is 2.00 e. The minimum atomic E-state index is 0. The summed E-state index contributed by atoms with van der Waals surface area (Å²) >= 11 is 0. The Morgan fingerprint density at radius 2 is 1.17 bits per heavy atom. The van der Waals surface area contributed by atoms with Gasteiger partial charge in [0.25, 0.3) is 0 Å². The molecule has 0 aromatic carbocycles. The summed E-state index contributed by atoms with van der Waals surface area (Å²) in [6, 6.07) is 0. The van der Waals surface area contributed by atoms with Crippen LogP contribution in [0.1, 0.15) is 97.8 Å². The summed E-state index contributed by atoms with van der Waals surface area (Å²) < 4.78 is 0. The van der Waals surface area contributed by atoms with Gasteiger partial charge in [-0.3, -0.25) is 0 Å². The smallest absolute Gasteiger partial charge is 0.343 e. The normalized spacial score (nSPS) is 9.33. The summed E-state index contributed by atoms with van der Waals surface area (Å²) in [4.78, 5) is 0. The Kier molecular flexibility index (Phi) is 34.5. The van der Waals surface area contributed by atoms with Gasteiger partial charge in [0.15, 0.2) is 0 Å². The van der Waals surface area contributed by atoms with Gasteiger partial charge in [-0.05, 0) is 0 Å². The number of hydrogen-bond donors (Lipinski definition) is 0. The van der Waals surface area contributed by atoms with E-state index < -0.39 is 0 Å². The molecular weight excluding hydrogens is 270 g/mol. The topological polar surface area (TPSA) is 0 Å². The fourth-order valence-electron chi connectivity index (χ4n) is 1.64. The van der Waals surface area contributed by atoms with Crippen molar-refractivity contribution < 1.29 is 19.5 Å². The van der Waals surface area contributed by atoms with Crippen molar-refractivity contribution >= 4 is 0 Å². The molecule has 0 spiro atoms. The summed E-state index contributed by atoms with van der Waals surface area (Å²) in [5.41, 5.74) is 0. The van der Waals surface area contributed by atoms with Crippen molar-refractivity contribution in [3.8, 4) is 0 Å². The molecule has 0 N–H and O–H groups in total. The molecule has 0 saturated heterocycles. The molecule has 0 radical (unpaired) electrons.